The molecule has 2 rings (SSSR count). The lowest BCUT2D eigenvalue weighted by Crippen LogP contribution is -2.44. The van der Waals surface area contributed by atoms with Gasteiger partial charge in [-0.2, -0.15) is 4.98 Å². The van der Waals surface area contributed by atoms with Gasteiger partial charge in [0.25, 0.3) is 0 Å². The van der Waals surface area contributed by atoms with Crippen molar-refractivity contribution in [2.45, 2.75) is 58.9 Å². The van der Waals surface area contributed by atoms with Crippen LogP contribution in [0.25, 0.3) is 0 Å². The predicted octanol–water partition coefficient (Wildman–Crippen LogP) is 2.48. The standard InChI is InChI=1S/C13H23N3O/c1-10-15-12(16-17-10)7-9-14-11-6-4-5-8-13(11,2)3/h11,14H,4-9H2,1-3H3. The molecule has 4 nitrogen and oxygen atoms in total. The zero-order chi connectivity index (χ0) is 12.3. The van der Waals surface area contributed by atoms with Crippen molar-refractivity contribution in [3.05, 3.63) is 11.7 Å². The van der Waals surface area contributed by atoms with Crippen molar-refractivity contribution < 1.29 is 4.52 Å². The minimum Gasteiger partial charge on any atom is -0.340 e. The van der Waals surface area contributed by atoms with Gasteiger partial charge in [0.2, 0.25) is 5.89 Å². The molecular formula is C13H23N3O. The monoisotopic (exact) mass is 237 g/mol. The number of nitrogens with zero attached hydrogens (tertiary/aromatic N) is 2. The van der Waals surface area contributed by atoms with Gasteiger partial charge >= 0.3 is 0 Å². The summed E-state index contributed by atoms with van der Waals surface area (Å²) in [5, 5.41) is 7.56. The largest absolute Gasteiger partial charge is 0.340 e. The number of aromatic nitrogens is 2. The first-order chi connectivity index (χ1) is 8.08. The number of hydrogen-bond donors (Lipinski definition) is 1. The maximum absolute atomic E-state index is 4.96. The Balaban J connectivity index is 1.77. The van der Waals surface area contributed by atoms with E-state index in [4.69, 9.17) is 4.52 Å². The molecule has 0 radical (unpaired) electrons. The van der Waals surface area contributed by atoms with Crippen LogP contribution < -0.4 is 5.32 Å². The third-order valence-corrected chi connectivity index (χ3v) is 3.82. The van der Waals surface area contributed by atoms with Gasteiger partial charge in [-0.25, -0.2) is 0 Å². The number of nitrogens with one attached hydrogen (secondary N) is 1. The van der Waals surface area contributed by atoms with E-state index in [-0.39, 0.29) is 0 Å². The summed E-state index contributed by atoms with van der Waals surface area (Å²) in [6, 6.07) is 0.629. The molecule has 4 heteroatoms. The van der Waals surface area contributed by atoms with Gasteiger partial charge in [-0.3, -0.25) is 0 Å². The lowest BCUT2D eigenvalue weighted by atomic mass is 9.73. The molecule has 1 aromatic heterocycles. The normalized spacial score (nSPS) is 23.8. The molecule has 1 unspecified atom stereocenters. The lowest BCUT2D eigenvalue weighted by Gasteiger charge is -2.39. The molecule has 1 atom stereocenters. The fourth-order valence-corrected chi connectivity index (χ4v) is 2.67. The highest BCUT2D eigenvalue weighted by molar-refractivity contribution is 4.90. The zero-order valence-electron chi connectivity index (χ0n) is 11.1. The van der Waals surface area contributed by atoms with E-state index in [1.54, 1.807) is 0 Å². The number of rotatable bonds is 4. The van der Waals surface area contributed by atoms with Crippen LogP contribution >= 0.6 is 0 Å². The molecule has 1 aliphatic rings. The summed E-state index contributed by atoms with van der Waals surface area (Å²) in [5.74, 6) is 1.46. The van der Waals surface area contributed by atoms with Crippen LogP contribution in [0.15, 0.2) is 4.52 Å². The summed E-state index contributed by atoms with van der Waals surface area (Å²) >= 11 is 0. The van der Waals surface area contributed by atoms with Gasteiger partial charge < -0.3 is 9.84 Å². The molecule has 17 heavy (non-hydrogen) atoms. The molecule has 1 aromatic rings. The Morgan fingerprint density at radius 3 is 2.88 bits per heavy atom. The minimum atomic E-state index is 0.422. The quantitative estimate of drug-likeness (QED) is 0.874. The van der Waals surface area contributed by atoms with Crippen LogP contribution in [-0.4, -0.2) is 22.7 Å². The molecule has 1 saturated carbocycles. The van der Waals surface area contributed by atoms with Gasteiger partial charge in [-0.1, -0.05) is 31.8 Å². The molecular weight excluding hydrogens is 214 g/mol. The van der Waals surface area contributed by atoms with Crippen LogP contribution in [0.1, 0.15) is 51.2 Å². The average Bonchev–Trinajstić information content (AvgIpc) is 2.67. The van der Waals surface area contributed by atoms with Gasteiger partial charge in [0.15, 0.2) is 5.82 Å². The van der Waals surface area contributed by atoms with E-state index in [2.05, 4.69) is 29.3 Å². The first-order valence-corrected chi connectivity index (χ1v) is 6.60. The number of aryl methyl sites for hydroxylation is 1. The summed E-state index contributed by atoms with van der Waals surface area (Å²) in [6.45, 7) is 7.49. The van der Waals surface area contributed by atoms with Crippen molar-refractivity contribution >= 4 is 0 Å². The molecule has 0 spiro atoms. The van der Waals surface area contributed by atoms with Crippen molar-refractivity contribution in [3.63, 3.8) is 0 Å². The summed E-state index contributed by atoms with van der Waals surface area (Å²) in [4.78, 5) is 4.21. The molecule has 1 N–H and O–H groups in total. The second-order valence-electron chi connectivity index (χ2n) is 5.72. The zero-order valence-corrected chi connectivity index (χ0v) is 11.1. The Hall–Kier alpha value is -0.900. The second-order valence-corrected chi connectivity index (χ2v) is 5.72. The Morgan fingerprint density at radius 2 is 2.24 bits per heavy atom. The van der Waals surface area contributed by atoms with Crippen LogP contribution in [0.2, 0.25) is 0 Å². The SMILES string of the molecule is Cc1nc(CCNC2CCCCC2(C)C)no1. The highest BCUT2D eigenvalue weighted by atomic mass is 16.5. The van der Waals surface area contributed by atoms with Crippen LogP contribution in [0.3, 0.4) is 0 Å². The third kappa shape index (κ3) is 3.28. The topological polar surface area (TPSA) is 51.0 Å². The highest BCUT2D eigenvalue weighted by Gasteiger charge is 2.31. The van der Waals surface area contributed by atoms with Crippen LogP contribution in [0.5, 0.6) is 0 Å². The lowest BCUT2D eigenvalue weighted by molar-refractivity contribution is 0.168. The molecule has 1 aliphatic carbocycles. The van der Waals surface area contributed by atoms with Crippen molar-refractivity contribution in [3.8, 4) is 0 Å². The summed E-state index contributed by atoms with van der Waals surface area (Å²) in [6.07, 6.45) is 6.19. The van der Waals surface area contributed by atoms with Gasteiger partial charge in [-0.15, -0.1) is 0 Å². The Morgan fingerprint density at radius 1 is 1.41 bits per heavy atom. The first-order valence-electron chi connectivity index (χ1n) is 6.60. The van der Waals surface area contributed by atoms with Gasteiger partial charge in [0.05, 0.1) is 0 Å². The predicted molar refractivity (Wildman–Crippen MR) is 66.8 cm³/mol. The van der Waals surface area contributed by atoms with Gasteiger partial charge in [0, 0.05) is 25.9 Å². The maximum atomic E-state index is 4.96. The van der Waals surface area contributed by atoms with Gasteiger partial charge in [-0.05, 0) is 18.3 Å². The third-order valence-electron chi connectivity index (χ3n) is 3.82. The second kappa shape index (κ2) is 5.17. The van der Waals surface area contributed by atoms with Crippen molar-refractivity contribution in [2.24, 2.45) is 5.41 Å². The highest BCUT2D eigenvalue weighted by Crippen LogP contribution is 2.35. The Labute approximate surface area is 103 Å². The Bertz CT molecular complexity index is 359. The molecule has 1 fully saturated rings. The molecule has 96 valence electrons. The fourth-order valence-electron chi connectivity index (χ4n) is 2.67. The molecule has 0 aliphatic heterocycles. The molecule has 0 aromatic carbocycles. The van der Waals surface area contributed by atoms with E-state index in [0.29, 0.717) is 17.3 Å². The maximum Gasteiger partial charge on any atom is 0.223 e. The summed E-state index contributed by atoms with van der Waals surface area (Å²) < 4.78 is 4.96. The number of hydrogen-bond acceptors (Lipinski definition) is 4. The summed E-state index contributed by atoms with van der Waals surface area (Å²) in [7, 11) is 0. The van der Waals surface area contributed by atoms with Crippen LogP contribution in [0, 0.1) is 12.3 Å². The molecule has 1 heterocycles. The van der Waals surface area contributed by atoms with Crippen LogP contribution in [0.4, 0.5) is 0 Å². The molecule has 0 saturated heterocycles. The van der Waals surface area contributed by atoms with Gasteiger partial charge in [0.1, 0.15) is 0 Å². The van der Waals surface area contributed by atoms with E-state index in [0.717, 1.165) is 18.8 Å². The molecule has 0 amide bonds. The van der Waals surface area contributed by atoms with E-state index in [1.807, 2.05) is 6.92 Å². The van der Waals surface area contributed by atoms with Crippen LogP contribution in [-0.2, 0) is 6.42 Å². The average molecular weight is 237 g/mol. The van der Waals surface area contributed by atoms with E-state index in [9.17, 15) is 0 Å². The van der Waals surface area contributed by atoms with Crippen molar-refractivity contribution in [2.75, 3.05) is 6.54 Å². The van der Waals surface area contributed by atoms with Crippen molar-refractivity contribution in [1.82, 2.24) is 15.5 Å². The fraction of sp³-hybridized carbons (Fsp3) is 0.846. The summed E-state index contributed by atoms with van der Waals surface area (Å²) in [5.41, 5.74) is 0.422. The minimum absolute atomic E-state index is 0.422. The smallest absolute Gasteiger partial charge is 0.223 e. The molecule has 0 bridgehead atoms. The van der Waals surface area contributed by atoms with E-state index >= 15 is 0 Å². The van der Waals surface area contributed by atoms with E-state index < -0.39 is 0 Å². The van der Waals surface area contributed by atoms with E-state index in [1.165, 1.54) is 25.7 Å². The Kier molecular flexibility index (Phi) is 3.82. The first kappa shape index (κ1) is 12.6. The van der Waals surface area contributed by atoms with Crippen molar-refractivity contribution in [1.29, 1.82) is 0 Å².